The summed E-state index contributed by atoms with van der Waals surface area (Å²) in [6.07, 6.45) is 0. The topological polar surface area (TPSA) is 26.0 Å². The zero-order valence-corrected chi connectivity index (χ0v) is 6.82. The lowest BCUT2D eigenvalue weighted by Gasteiger charge is -1.95. The van der Waals surface area contributed by atoms with Crippen molar-refractivity contribution in [3.63, 3.8) is 0 Å². The molecule has 1 aromatic carbocycles. The first-order valence-corrected chi connectivity index (χ1v) is 3.08. The first-order valence-electron chi connectivity index (χ1n) is 3.08. The summed E-state index contributed by atoms with van der Waals surface area (Å²) in [6.45, 7) is 2.71. The van der Waals surface area contributed by atoms with Crippen molar-refractivity contribution in [3.8, 4) is 0 Å². The van der Waals surface area contributed by atoms with Crippen molar-refractivity contribution in [1.82, 2.24) is 0 Å². The fourth-order valence-corrected chi connectivity index (χ4v) is 0.839. The van der Waals surface area contributed by atoms with Crippen molar-refractivity contribution in [2.45, 2.75) is 13.5 Å². The zero-order chi connectivity index (χ0) is 6.69. The second-order valence-electron chi connectivity index (χ2n) is 2.19. The van der Waals surface area contributed by atoms with Crippen LogP contribution in [-0.2, 0) is 6.54 Å². The minimum Gasteiger partial charge on any atom is -0.326 e. The maximum Gasteiger partial charge on any atom is 0.0178 e. The molecular weight excluding hydrogens is 146 g/mol. The summed E-state index contributed by atoms with van der Waals surface area (Å²) in [6, 6.07) is 8.23. The van der Waals surface area contributed by atoms with E-state index >= 15 is 0 Å². The number of benzene rings is 1. The highest BCUT2D eigenvalue weighted by Gasteiger charge is 1.85. The molecule has 0 aliphatic carbocycles. The van der Waals surface area contributed by atoms with E-state index in [-0.39, 0.29) is 12.4 Å². The van der Waals surface area contributed by atoms with Crippen molar-refractivity contribution >= 4 is 12.4 Å². The van der Waals surface area contributed by atoms with Crippen LogP contribution in [0.2, 0.25) is 0 Å². The highest BCUT2D eigenvalue weighted by atomic mass is 35.5. The zero-order valence-electron chi connectivity index (χ0n) is 6.00. The average Bonchev–Trinajstić information content (AvgIpc) is 1.88. The molecule has 2 N–H and O–H groups in total. The first kappa shape index (κ1) is 9.47. The molecule has 0 fully saturated rings. The largest absolute Gasteiger partial charge is 0.326 e. The van der Waals surface area contributed by atoms with Gasteiger partial charge in [-0.05, 0) is 12.5 Å². The third-order valence-corrected chi connectivity index (χ3v) is 1.32. The molecule has 0 bridgehead atoms. The van der Waals surface area contributed by atoms with Crippen LogP contribution in [0.1, 0.15) is 11.1 Å². The van der Waals surface area contributed by atoms with Crippen LogP contribution >= 0.6 is 12.4 Å². The molecule has 0 radical (unpaired) electrons. The van der Waals surface area contributed by atoms with Crippen LogP contribution < -0.4 is 5.73 Å². The Hall–Kier alpha value is -0.530. The standard InChI is InChI=1S/C8H11N.ClH/c1-7-3-2-4-8(5-7)6-9;/h2-5H,6,9H2,1H3;1H. The fourth-order valence-electron chi connectivity index (χ4n) is 0.839. The molecule has 0 aromatic heterocycles. The van der Waals surface area contributed by atoms with Gasteiger partial charge in [0, 0.05) is 6.54 Å². The number of hydrogen-bond donors (Lipinski definition) is 1. The fraction of sp³-hybridized carbons (Fsp3) is 0.250. The Morgan fingerprint density at radius 2 is 2.10 bits per heavy atom. The quantitative estimate of drug-likeness (QED) is 0.662. The van der Waals surface area contributed by atoms with Gasteiger partial charge in [-0.15, -0.1) is 12.4 Å². The van der Waals surface area contributed by atoms with Gasteiger partial charge in [0.25, 0.3) is 0 Å². The van der Waals surface area contributed by atoms with E-state index in [1.807, 2.05) is 12.1 Å². The lowest BCUT2D eigenvalue weighted by atomic mass is 10.1. The third-order valence-electron chi connectivity index (χ3n) is 1.32. The van der Waals surface area contributed by atoms with Crippen molar-refractivity contribution in [2.24, 2.45) is 5.73 Å². The Bertz CT molecular complexity index is 198. The Labute approximate surface area is 67.7 Å². The van der Waals surface area contributed by atoms with E-state index in [0.717, 1.165) is 0 Å². The van der Waals surface area contributed by atoms with Crippen LogP contribution in [0.4, 0.5) is 0 Å². The molecule has 0 atom stereocenters. The summed E-state index contributed by atoms with van der Waals surface area (Å²) < 4.78 is 0. The number of hydrogen-bond acceptors (Lipinski definition) is 1. The Balaban J connectivity index is 0.000000810. The van der Waals surface area contributed by atoms with E-state index < -0.39 is 0 Å². The molecule has 0 aliphatic rings. The molecule has 0 unspecified atom stereocenters. The predicted octanol–water partition coefficient (Wildman–Crippen LogP) is 1.88. The Morgan fingerprint density at radius 3 is 2.50 bits per heavy atom. The summed E-state index contributed by atoms with van der Waals surface area (Å²) in [4.78, 5) is 0. The lowest BCUT2D eigenvalue weighted by Crippen LogP contribution is -1.95. The van der Waals surface area contributed by atoms with Crippen LogP contribution in [0.15, 0.2) is 24.3 Å². The van der Waals surface area contributed by atoms with Gasteiger partial charge in [0.1, 0.15) is 0 Å². The monoisotopic (exact) mass is 157 g/mol. The van der Waals surface area contributed by atoms with E-state index in [1.165, 1.54) is 11.1 Å². The van der Waals surface area contributed by atoms with Gasteiger partial charge >= 0.3 is 0 Å². The molecule has 0 heterocycles. The molecule has 0 amide bonds. The minimum absolute atomic E-state index is 0. The van der Waals surface area contributed by atoms with Crippen LogP contribution in [0.25, 0.3) is 0 Å². The number of halogens is 1. The molecule has 1 nitrogen and oxygen atoms in total. The predicted molar refractivity (Wildman–Crippen MR) is 46.3 cm³/mol. The minimum atomic E-state index is 0. The molecule has 0 aliphatic heterocycles. The van der Waals surface area contributed by atoms with Crippen molar-refractivity contribution in [2.75, 3.05) is 0 Å². The van der Waals surface area contributed by atoms with Crippen LogP contribution in [0, 0.1) is 6.92 Å². The Kier molecular flexibility index (Phi) is 4.08. The maximum atomic E-state index is 5.42. The SMILES string of the molecule is Cc1cccc(CN)c1.Cl. The Morgan fingerprint density at radius 1 is 1.40 bits per heavy atom. The maximum absolute atomic E-state index is 5.42. The van der Waals surface area contributed by atoms with Crippen LogP contribution in [-0.4, -0.2) is 0 Å². The molecule has 56 valence electrons. The van der Waals surface area contributed by atoms with Crippen LogP contribution in [0.3, 0.4) is 0 Å². The number of rotatable bonds is 1. The van der Waals surface area contributed by atoms with E-state index in [4.69, 9.17) is 5.73 Å². The molecule has 1 aromatic rings. The number of aryl methyl sites for hydroxylation is 1. The van der Waals surface area contributed by atoms with E-state index in [9.17, 15) is 0 Å². The average molecular weight is 158 g/mol. The van der Waals surface area contributed by atoms with Gasteiger partial charge in [-0.1, -0.05) is 29.8 Å². The summed E-state index contributed by atoms with van der Waals surface area (Å²) in [5.41, 5.74) is 7.90. The van der Waals surface area contributed by atoms with Gasteiger partial charge in [-0.25, -0.2) is 0 Å². The van der Waals surface area contributed by atoms with E-state index in [1.54, 1.807) is 0 Å². The van der Waals surface area contributed by atoms with Gasteiger partial charge in [0.2, 0.25) is 0 Å². The first-order chi connectivity index (χ1) is 4.33. The van der Waals surface area contributed by atoms with Crippen molar-refractivity contribution < 1.29 is 0 Å². The summed E-state index contributed by atoms with van der Waals surface area (Å²) in [7, 11) is 0. The molecule has 0 spiro atoms. The normalized spacial score (nSPS) is 8.60. The highest BCUT2D eigenvalue weighted by Crippen LogP contribution is 2.01. The molecule has 1 rings (SSSR count). The van der Waals surface area contributed by atoms with Crippen molar-refractivity contribution in [1.29, 1.82) is 0 Å². The molecule has 0 saturated heterocycles. The van der Waals surface area contributed by atoms with Crippen LogP contribution in [0.5, 0.6) is 0 Å². The molecule has 10 heavy (non-hydrogen) atoms. The molecule has 0 saturated carbocycles. The molecular formula is C8H12ClN. The highest BCUT2D eigenvalue weighted by molar-refractivity contribution is 5.85. The lowest BCUT2D eigenvalue weighted by molar-refractivity contribution is 1.07. The van der Waals surface area contributed by atoms with Gasteiger partial charge in [0.15, 0.2) is 0 Å². The van der Waals surface area contributed by atoms with Gasteiger partial charge in [-0.3, -0.25) is 0 Å². The smallest absolute Gasteiger partial charge is 0.0178 e. The number of nitrogens with two attached hydrogens (primary N) is 1. The summed E-state index contributed by atoms with van der Waals surface area (Å²) in [5, 5.41) is 0. The third kappa shape index (κ3) is 2.38. The second-order valence-corrected chi connectivity index (χ2v) is 2.19. The van der Waals surface area contributed by atoms with Gasteiger partial charge in [0.05, 0.1) is 0 Å². The summed E-state index contributed by atoms with van der Waals surface area (Å²) in [5.74, 6) is 0. The summed E-state index contributed by atoms with van der Waals surface area (Å²) >= 11 is 0. The van der Waals surface area contributed by atoms with Gasteiger partial charge in [-0.2, -0.15) is 0 Å². The molecule has 2 heteroatoms. The van der Waals surface area contributed by atoms with E-state index in [0.29, 0.717) is 6.54 Å². The van der Waals surface area contributed by atoms with Gasteiger partial charge < -0.3 is 5.73 Å². The van der Waals surface area contributed by atoms with E-state index in [2.05, 4.69) is 19.1 Å². The van der Waals surface area contributed by atoms with Crippen molar-refractivity contribution in [3.05, 3.63) is 35.4 Å². The second kappa shape index (κ2) is 4.31.